The molecule has 0 aliphatic rings. The molecule has 6 heteroatoms. The largest absolute Gasteiger partial charge is 0.478 e. The summed E-state index contributed by atoms with van der Waals surface area (Å²) in [5, 5.41) is 0. The van der Waals surface area contributed by atoms with Crippen LogP contribution in [-0.4, -0.2) is 26.4 Å². The summed E-state index contributed by atoms with van der Waals surface area (Å²) < 4.78 is 53.5. The molecular formula is C4H6F4O2. The van der Waals surface area contributed by atoms with Crippen LogP contribution >= 0.6 is 0 Å². The summed E-state index contributed by atoms with van der Waals surface area (Å²) in [6.45, 7) is 0. The fourth-order valence-corrected chi connectivity index (χ4v) is 0.315. The number of hydrogen-bond donors (Lipinski definition) is 0. The average molecular weight is 162 g/mol. The molecule has 10 heavy (non-hydrogen) atoms. The lowest BCUT2D eigenvalue weighted by molar-refractivity contribution is -0.425. The van der Waals surface area contributed by atoms with Gasteiger partial charge in [0, 0.05) is 14.2 Å². The van der Waals surface area contributed by atoms with Crippen LogP contribution in [0.1, 0.15) is 0 Å². The molecule has 0 aromatic heterocycles. The summed E-state index contributed by atoms with van der Waals surface area (Å²) in [7, 11) is 1.13. The number of halogens is 4. The predicted molar refractivity (Wildman–Crippen MR) is 23.9 cm³/mol. The van der Waals surface area contributed by atoms with Gasteiger partial charge in [0.05, 0.1) is 0 Å². The van der Waals surface area contributed by atoms with E-state index in [0.29, 0.717) is 14.2 Å². The SMILES string of the molecule is COC(F)(OC)C(F)(F)F. The zero-order valence-corrected chi connectivity index (χ0v) is 5.33. The molecule has 0 atom stereocenters. The number of hydrogen-bond acceptors (Lipinski definition) is 2. The highest BCUT2D eigenvalue weighted by Gasteiger charge is 2.58. The summed E-state index contributed by atoms with van der Waals surface area (Å²) in [5.41, 5.74) is 0. The molecule has 0 aromatic rings. The lowest BCUT2D eigenvalue weighted by atomic mass is 10.6. The Labute approximate surface area is 54.7 Å². The molecule has 0 aromatic carbocycles. The van der Waals surface area contributed by atoms with E-state index in [1.54, 1.807) is 0 Å². The van der Waals surface area contributed by atoms with Crippen molar-refractivity contribution >= 4 is 0 Å². The topological polar surface area (TPSA) is 18.5 Å². The Bertz CT molecular complexity index is 106. The first kappa shape index (κ1) is 9.64. The van der Waals surface area contributed by atoms with Crippen LogP contribution in [-0.2, 0) is 9.47 Å². The van der Waals surface area contributed by atoms with Crippen molar-refractivity contribution in [3.8, 4) is 0 Å². The van der Waals surface area contributed by atoms with Gasteiger partial charge in [-0.05, 0) is 0 Å². The van der Waals surface area contributed by atoms with Crippen LogP contribution in [0.4, 0.5) is 17.6 Å². The van der Waals surface area contributed by atoms with Gasteiger partial charge in [-0.3, -0.25) is 0 Å². The minimum absolute atomic E-state index is 0.566. The molecule has 62 valence electrons. The summed E-state index contributed by atoms with van der Waals surface area (Å²) >= 11 is 0. The lowest BCUT2D eigenvalue weighted by Crippen LogP contribution is -2.44. The number of methoxy groups -OCH3 is 2. The first-order chi connectivity index (χ1) is 4.37. The Balaban J connectivity index is 4.33. The molecule has 0 amide bonds. The second kappa shape index (κ2) is 2.71. The van der Waals surface area contributed by atoms with Gasteiger partial charge in [-0.1, -0.05) is 0 Å². The summed E-state index contributed by atoms with van der Waals surface area (Å²) in [5.74, 6) is 0. The first-order valence-corrected chi connectivity index (χ1v) is 2.23. The number of rotatable bonds is 2. The lowest BCUT2D eigenvalue weighted by Gasteiger charge is -2.23. The van der Waals surface area contributed by atoms with Crippen molar-refractivity contribution in [1.29, 1.82) is 0 Å². The van der Waals surface area contributed by atoms with Gasteiger partial charge in [0.2, 0.25) is 0 Å². The van der Waals surface area contributed by atoms with Gasteiger partial charge in [0.25, 0.3) is 0 Å². The Morgan fingerprint density at radius 2 is 1.20 bits per heavy atom. The second-order valence-electron chi connectivity index (χ2n) is 1.44. The molecule has 0 unspecified atom stereocenters. The molecular weight excluding hydrogens is 156 g/mol. The maximum absolute atomic E-state index is 12.2. The van der Waals surface area contributed by atoms with Crippen molar-refractivity contribution in [3.63, 3.8) is 0 Å². The minimum atomic E-state index is -5.16. The molecule has 0 rings (SSSR count). The highest BCUT2D eigenvalue weighted by Crippen LogP contribution is 2.34. The van der Waals surface area contributed by atoms with E-state index in [1.807, 2.05) is 0 Å². The molecule has 0 aliphatic carbocycles. The van der Waals surface area contributed by atoms with Crippen molar-refractivity contribution in [2.75, 3.05) is 14.2 Å². The van der Waals surface area contributed by atoms with Crippen LogP contribution in [0, 0.1) is 0 Å². The smallest absolute Gasteiger partial charge is 0.320 e. The van der Waals surface area contributed by atoms with Crippen molar-refractivity contribution in [1.82, 2.24) is 0 Å². The highest BCUT2D eigenvalue weighted by atomic mass is 19.4. The molecule has 0 heterocycles. The maximum Gasteiger partial charge on any atom is 0.478 e. The number of alkyl halides is 4. The van der Waals surface area contributed by atoms with Crippen molar-refractivity contribution in [3.05, 3.63) is 0 Å². The van der Waals surface area contributed by atoms with E-state index in [4.69, 9.17) is 0 Å². The third-order valence-electron chi connectivity index (χ3n) is 0.864. The van der Waals surface area contributed by atoms with Gasteiger partial charge in [-0.25, -0.2) is 0 Å². The van der Waals surface area contributed by atoms with Gasteiger partial charge < -0.3 is 9.47 Å². The van der Waals surface area contributed by atoms with E-state index in [-0.39, 0.29) is 0 Å². The summed E-state index contributed by atoms with van der Waals surface area (Å²) in [6.07, 6.45) is -5.16. The van der Waals surface area contributed by atoms with Crippen LogP contribution in [0.15, 0.2) is 0 Å². The van der Waals surface area contributed by atoms with Crippen molar-refractivity contribution in [2.24, 2.45) is 0 Å². The van der Waals surface area contributed by atoms with Gasteiger partial charge in [-0.2, -0.15) is 17.6 Å². The summed E-state index contributed by atoms with van der Waals surface area (Å²) in [6, 6.07) is -3.98. The predicted octanol–water partition coefficient (Wildman–Crippen LogP) is 1.46. The molecule has 0 saturated heterocycles. The molecule has 0 bridgehead atoms. The monoisotopic (exact) mass is 162 g/mol. The third kappa shape index (κ3) is 1.57. The Kier molecular flexibility index (Phi) is 2.61. The quantitative estimate of drug-likeness (QED) is 0.452. The molecule has 2 nitrogen and oxygen atoms in total. The fraction of sp³-hybridized carbons (Fsp3) is 1.00. The van der Waals surface area contributed by atoms with E-state index in [2.05, 4.69) is 9.47 Å². The van der Waals surface area contributed by atoms with Crippen LogP contribution < -0.4 is 0 Å². The fourth-order valence-electron chi connectivity index (χ4n) is 0.315. The number of ether oxygens (including phenoxy) is 2. The molecule has 0 fully saturated rings. The molecule has 0 saturated carbocycles. The third-order valence-corrected chi connectivity index (χ3v) is 0.864. The minimum Gasteiger partial charge on any atom is -0.320 e. The normalized spacial score (nSPS) is 13.8. The standard InChI is InChI=1S/C4H6F4O2/c1-9-4(8,10-2)3(5,6)7/h1-2H3. The van der Waals surface area contributed by atoms with Crippen LogP contribution in [0.2, 0.25) is 0 Å². The molecule has 0 radical (unpaired) electrons. The van der Waals surface area contributed by atoms with Gasteiger partial charge in [0.15, 0.2) is 0 Å². The van der Waals surface area contributed by atoms with E-state index in [0.717, 1.165) is 0 Å². The Morgan fingerprint density at radius 3 is 1.20 bits per heavy atom. The van der Waals surface area contributed by atoms with E-state index >= 15 is 0 Å². The summed E-state index contributed by atoms with van der Waals surface area (Å²) in [4.78, 5) is 0. The molecule has 0 N–H and O–H groups in total. The molecule has 0 aliphatic heterocycles. The van der Waals surface area contributed by atoms with Gasteiger partial charge >= 0.3 is 12.2 Å². The van der Waals surface area contributed by atoms with Crippen molar-refractivity contribution < 1.29 is 27.0 Å². The Morgan fingerprint density at radius 1 is 0.900 bits per heavy atom. The first-order valence-electron chi connectivity index (χ1n) is 2.23. The second-order valence-corrected chi connectivity index (χ2v) is 1.44. The zero-order chi connectivity index (χ0) is 8.41. The van der Waals surface area contributed by atoms with Crippen LogP contribution in [0.25, 0.3) is 0 Å². The zero-order valence-electron chi connectivity index (χ0n) is 5.33. The van der Waals surface area contributed by atoms with Crippen molar-refractivity contribution in [2.45, 2.75) is 12.2 Å². The van der Waals surface area contributed by atoms with Crippen LogP contribution in [0.3, 0.4) is 0 Å². The molecule has 0 spiro atoms. The van der Waals surface area contributed by atoms with Gasteiger partial charge in [0.1, 0.15) is 0 Å². The van der Waals surface area contributed by atoms with E-state index in [1.165, 1.54) is 0 Å². The maximum atomic E-state index is 12.2. The van der Waals surface area contributed by atoms with E-state index < -0.39 is 12.2 Å². The van der Waals surface area contributed by atoms with Crippen LogP contribution in [0.5, 0.6) is 0 Å². The Hall–Kier alpha value is -0.360. The average Bonchev–Trinajstić information content (AvgIpc) is 1.84. The van der Waals surface area contributed by atoms with E-state index in [9.17, 15) is 17.6 Å². The van der Waals surface area contributed by atoms with Gasteiger partial charge in [-0.15, -0.1) is 0 Å². The highest BCUT2D eigenvalue weighted by molar-refractivity contribution is 4.63.